The molecule has 4 heteroatoms. The molecular weight excluding hydrogens is 196 g/mol. The monoisotopic (exact) mass is 214 g/mol. The number of rotatable bonds is 2. The second kappa shape index (κ2) is 4.53. The van der Waals surface area contributed by atoms with E-state index in [0.29, 0.717) is 24.3 Å². The van der Waals surface area contributed by atoms with E-state index in [0.717, 1.165) is 38.2 Å². The highest BCUT2D eigenvalue weighted by atomic mass is 32.1. The predicted molar refractivity (Wildman–Crippen MR) is 59.6 cm³/mol. The number of piperidine rings is 1. The zero-order chi connectivity index (χ0) is 9.97. The zero-order valence-corrected chi connectivity index (χ0v) is 9.30. The summed E-state index contributed by atoms with van der Waals surface area (Å²) in [7, 11) is 0. The first-order valence-electron chi connectivity index (χ1n) is 5.42. The van der Waals surface area contributed by atoms with E-state index in [4.69, 9.17) is 0 Å². The first-order valence-corrected chi connectivity index (χ1v) is 6.05. The van der Waals surface area contributed by atoms with Crippen molar-refractivity contribution in [1.29, 1.82) is 0 Å². The van der Waals surface area contributed by atoms with Gasteiger partial charge in [0.1, 0.15) is 0 Å². The molecule has 0 spiro atoms. The fourth-order valence-corrected chi connectivity index (χ4v) is 2.65. The SMILES string of the molecule is O=C1CC(CS)CN1C1CCNCC1. The predicted octanol–water partition coefficient (Wildman–Crippen LogP) is 0.517. The Morgan fingerprint density at radius 2 is 2.14 bits per heavy atom. The fourth-order valence-electron chi connectivity index (χ4n) is 2.40. The molecule has 0 saturated carbocycles. The molecule has 2 rings (SSSR count). The van der Waals surface area contributed by atoms with Crippen molar-refractivity contribution in [2.75, 3.05) is 25.4 Å². The zero-order valence-electron chi connectivity index (χ0n) is 8.41. The first-order chi connectivity index (χ1) is 6.81. The Hall–Kier alpha value is -0.220. The lowest BCUT2D eigenvalue weighted by atomic mass is 10.1. The summed E-state index contributed by atoms with van der Waals surface area (Å²) in [4.78, 5) is 13.8. The fraction of sp³-hybridized carbons (Fsp3) is 0.900. The number of likely N-dealkylation sites (tertiary alicyclic amines) is 1. The van der Waals surface area contributed by atoms with Gasteiger partial charge >= 0.3 is 0 Å². The van der Waals surface area contributed by atoms with Crippen LogP contribution in [0.4, 0.5) is 0 Å². The number of nitrogens with zero attached hydrogens (tertiary/aromatic N) is 1. The third-order valence-corrected chi connectivity index (χ3v) is 3.76. The van der Waals surface area contributed by atoms with E-state index in [9.17, 15) is 4.79 Å². The Bertz CT molecular complexity index is 216. The lowest BCUT2D eigenvalue weighted by molar-refractivity contribution is -0.130. The number of nitrogens with one attached hydrogen (secondary N) is 1. The summed E-state index contributed by atoms with van der Waals surface area (Å²) in [6, 6.07) is 0.494. The topological polar surface area (TPSA) is 32.3 Å². The van der Waals surface area contributed by atoms with Gasteiger partial charge in [-0.05, 0) is 37.6 Å². The van der Waals surface area contributed by atoms with Crippen LogP contribution in [0, 0.1) is 5.92 Å². The van der Waals surface area contributed by atoms with Gasteiger partial charge < -0.3 is 10.2 Å². The molecule has 2 aliphatic heterocycles. The highest BCUT2D eigenvalue weighted by Gasteiger charge is 2.33. The van der Waals surface area contributed by atoms with Crippen LogP contribution in [0.25, 0.3) is 0 Å². The van der Waals surface area contributed by atoms with Crippen molar-refractivity contribution in [3.8, 4) is 0 Å². The summed E-state index contributed by atoms with van der Waals surface area (Å²) in [5.74, 6) is 1.67. The van der Waals surface area contributed by atoms with Crippen LogP contribution in [0.5, 0.6) is 0 Å². The van der Waals surface area contributed by atoms with Crippen LogP contribution in [0.1, 0.15) is 19.3 Å². The van der Waals surface area contributed by atoms with Crippen LogP contribution in [0.15, 0.2) is 0 Å². The van der Waals surface area contributed by atoms with E-state index >= 15 is 0 Å². The van der Waals surface area contributed by atoms with E-state index in [1.165, 1.54) is 0 Å². The minimum Gasteiger partial charge on any atom is -0.339 e. The van der Waals surface area contributed by atoms with E-state index < -0.39 is 0 Å². The average molecular weight is 214 g/mol. The van der Waals surface area contributed by atoms with E-state index in [1.54, 1.807) is 0 Å². The summed E-state index contributed by atoms with van der Waals surface area (Å²) in [6.45, 7) is 3.05. The lowest BCUT2D eigenvalue weighted by Gasteiger charge is -2.31. The van der Waals surface area contributed by atoms with Gasteiger partial charge in [0.25, 0.3) is 0 Å². The van der Waals surface area contributed by atoms with Crippen molar-refractivity contribution >= 4 is 18.5 Å². The molecule has 0 aliphatic carbocycles. The second-order valence-corrected chi connectivity index (χ2v) is 4.65. The van der Waals surface area contributed by atoms with Crippen LogP contribution >= 0.6 is 12.6 Å². The molecule has 2 aliphatic rings. The van der Waals surface area contributed by atoms with Crippen molar-refractivity contribution in [3.05, 3.63) is 0 Å². The molecule has 80 valence electrons. The Labute approximate surface area is 90.6 Å². The van der Waals surface area contributed by atoms with Crippen molar-refractivity contribution < 1.29 is 4.79 Å². The average Bonchev–Trinajstić information content (AvgIpc) is 2.61. The van der Waals surface area contributed by atoms with Crippen LogP contribution in [-0.2, 0) is 4.79 Å². The normalized spacial score (nSPS) is 29.9. The molecule has 14 heavy (non-hydrogen) atoms. The number of thiol groups is 1. The van der Waals surface area contributed by atoms with Gasteiger partial charge in [0.2, 0.25) is 5.91 Å². The van der Waals surface area contributed by atoms with Gasteiger partial charge in [0, 0.05) is 19.0 Å². The minimum atomic E-state index is 0.343. The lowest BCUT2D eigenvalue weighted by Crippen LogP contribution is -2.43. The number of amides is 1. The smallest absolute Gasteiger partial charge is 0.223 e. The van der Waals surface area contributed by atoms with Gasteiger partial charge in [0.15, 0.2) is 0 Å². The quantitative estimate of drug-likeness (QED) is 0.657. The van der Waals surface area contributed by atoms with Gasteiger partial charge in [0.05, 0.1) is 0 Å². The van der Waals surface area contributed by atoms with Gasteiger partial charge in [-0.1, -0.05) is 0 Å². The molecule has 0 aromatic heterocycles. The Morgan fingerprint density at radius 3 is 2.71 bits per heavy atom. The van der Waals surface area contributed by atoms with Crippen molar-refractivity contribution in [1.82, 2.24) is 10.2 Å². The van der Waals surface area contributed by atoms with Crippen molar-refractivity contribution in [2.45, 2.75) is 25.3 Å². The first kappa shape index (κ1) is 10.3. The molecule has 0 aromatic carbocycles. The third-order valence-electron chi connectivity index (χ3n) is 3.25. The van der Waals surface area contributed by atoms with Crippen LogP contribution in [-0.4, -0.2) is 42.2 Å². The number of hydrogen-bond acceptors (Lipinski definition) is 3. The van der Waals surface area contributed by atoms with E-state index in [2.05, 4.69) is 22.8 Å². The van der Waals surface area contributed by atoms with Crippen LogP contribution in [0.2, 0.25) is 0 Å². The van der Waals surface area contributed by atoms with E-state index in [-0.39, 0.29) is 0 Å². The molecule has 2 heterocycles. The Kier molecular flexibility index (Phi) is 3.34. The van der Waals surface area contributed by atoms with Crippen LogP contribution < -0.4 is 5.32 Å². The van der Waals surface area contributed by atoms with Crippen molar-refractivity contribution in [2.24, 2.45) is 5.92 Å². The molecule has 1 unspecified atom stereocenters. The van der Waals surface area contributed by atoms with Crippen LogP contribution in [0.3, 0.4) is 0 Å². The molecule has 0 aromatic rings. The van der Waals surface area contributed by atoms with Crippen molar-refractivity contribution in [3.63, 3.8) is 0 Å². The summed E-state index contributed by atoms with van der Waals surface area (Å²) in [5.41, 5.74) is 0. The summed E-state index contributed by atoms with van der Waals surface area (Å²) < 4.78 is 0. The maximum atomic E-state index is 11.7. The molecule has 2 saturated heterocycles. The highest BCUT2D eigenvalue weighted by molar-refractivity contribution is 7.80. The Balaban J connectivity index is 1.93. The minimum absolute atomic E-state index is 0.343. The molecule has 3 nitrogen and oxygen atoms in total. The molecule has 1 amide bonds. The standard InChI is InChI=1S/C10H18N2OS/c13-10-5-8(7-14)6-12(10)9-1-3-11-4-2-9/h8-9,11,14H,1-7H2. The molecule has 1 N–H and O–H groups in total. The molecule has 0 bridgehead atoms. The summed E-state index contributed by atoms with van der Waals surface area (Å²) >= 11 is 4.27. The van der Waals surface area contributed by atoms with E-state index in [1.807, 2.05) is 0 Å². The summed E-state index contributed by atoms with van der Waals surface area (Å²) in [6.07, 6.45) is 2.95. The molecular formula is C10H18N2OS. The number of hydrogen-bond donors (Lipinski definition) is 2. The van der Waals surface area contributed by atoms with Gasteiger partial charge in [-0.15, -0.1) is 0 Å². The molecule has 0 radical (unpaired) electrons. The largest absolute Gasteiger partial charge is 0.339 e. The molecule has 1 atom stereocenters. The molecule has 2 fully saturated rings. The number of carbonyl (C=O) groups excluding carboxylic acids is 1. The van der Waals surface area contributed by atoms with Gasteiger partial charge in [-0.25, -0.2) is 0 Å². The maximum Gasteiger partial charge on any atom is 0.223 e. The maximum absolute atomic E-state index is 11.7. The number of carbonyl (C=O) groups is 1. The van der Waals surface area contributed by atoms with Gasteiger partial charge in [-0.2, -0.15) is 12.6 Å². The highest BCUT2D eigenvalue weighted by Crippen LogP contribution is 2.24. The third kappa shape index (κ3) is 2.06. The van der Waals surface area contributed by atoms with Gasteiger partial charge in [-0.3, -0.25) is 4.79 Å². The second-order valence-electron chi connectivity index (χ2n) is 4.28. The summed E-state index contributed by atoms with van der Waals surface area (Å²) in [5, 5.41) is 3.33. The Morgan fingerprint density at radius 1 is 1.43 bits per heavy atom.